The van der Waals surface area contributed by atoms with Crippen molar-refractivity contribution >= 4 is 38.9 Å². The van der Waals surface area contributed by atoms with Gasteiger partial charge in [0, 0.05) is 29.4 Å². The quantitative estimate of drug-likeness (QED) is 0.585. The van der Waals surface area contributed by atoms with E-state index in [0.717, 1.165) is 18.6 Å². The van der Waals surface area contributed by atoms with Gasteiger partial charge in [-0.1, -0.05) is 18.0 Å². The summed E-state index contributed by atoms with van der Waals surface area (Å²) < 4.78 is 27.2. The lowest BCUT2D eigenvalue weighted by Gasteiger charge is -2.33. The predicted octanol–water partition coefficient (Wildman–Crippen LogP) is 3.43. The van der Waals surface area contributed by atoms with E-state index in [4.69, 9.17) is 11.6 Å². The Labute approximate surface area is 167 Å². The van der Waals surface area contributed by atoms with Gasteiger partial charge in [0.05, 0.1) is 9.82 Å². The first kappa shape index (κ1) is 20.2. The van der Waals surface area contributed by atoms with E-state index in [0.29, 0.717) is 23.6 Å². The van der Waals surface area contributed by atoms with Crippen molar-refractivity contribution in [2.24, 2.45) is 0 Å². The molecule has 0 aliphatic carbocycles. The average Bonchev–Trinajstić information content (AvgIpc) is 2.69. The molecule has 1 saturated heterocycles. The molecular formula is C18H18ClN3O5S. The van der Waals surface area contributed by atoms with E-state index in [1.54, 1.807) is 24.3 Å². The molecule has 28 heavy (non-hydrogen) atoms. The van der Waals surface area contributed by atoms with Crippen LogP contribution < -0.4 is 5.32 Å². The highest BCUT2D eigenvalue weighted by molar-refractivity contribution is 7.89. The fraction of sp³-hybridized carbons (Fsp3) is 0.278. The lowest BCUT2D eigenvalue weighted by atomic mass is 10.0. The molecule has 0 saturated carbocycles. The van der Waals surface area contributed by atoms with Crippen LogP contribution in [0.5, 0.6) is 0 Å². The summed E-state index contributed by atoms with van der Waals surface area (Å²) in [4.78, 5) is 22.9. The number of nitro groups is 1. The molecule has 0 aromatic heterocycles. The monoisotopic (exact) mass is 423 g/mol. The number of piperidine rings is 1. The lowest BCUT2D eigenvalue weighted by Crippen LogP contribution is -2.49. The van der Waals surface area contributed by atoms with E-state index in [1.807, 2.05) is 0 Å². The number of carbonyl (C=O) groups is 1. The van der Waals surface area contributed by atoms with E-state index < -0.39 is 26.9 Å². The summed E-state index contributed by atoms with van der Waals surface area (Å²) in [5.74, 6) is -0.424. The zero-order valence-corrected chi connectivity index (χ0v) is 16.3. The first-order valence-corrected chi connectivity index (χ1v) is 10.4. The van der Waals surface area contributed by atoms with Crippen LogP contribution in [-0.4, -0.2) is 36.1 Å². The summed E-state index contributed by atoms with van der Waals surface area (Å²) in [5, 5.41) is 14.0. The molecule has 0 radical (unpaired) electrons. The van der Waals surface area contributed by atoms with Gasteiger partial charge in [-0.15, -0.1) is 0 Å². The van der Waals surface area contributed by atoms with Gasteiger partial charge in [0.25, 0.3) is 5.69 Å². The predicted molar refractivity (Wildman–Crippen MR) is 105 cm³/mol. The Morgan fingerprint density at radius 1 is 1.11 bits per heavy atom. The van der Waals surface area contributed by atoms with E-state index in [-0.39, 0.29) is 17.1 Å². The van der Waals surface area contributed by atoms with Gasteiger partial charge >= 0.3 is 0 Å². The topological polar surface area (TPSA) is 110 Å². The molecule has 0 unspecified atom stereocenters. The summed E-state index contributed by atoms with van der Waals surface area (Å²) in [5.41, 5.74) is 0.322. The number of halogens is 1. The fourth-order valence-corrected chi connectivity index (χ4v) is 4.87. The van der Waals surface area contributed by atoms with Crippen LogP contribution >= 0.6 is 11.6 Å². The summed E-state index contributed by atoms with van der Waals surface area (Å²) >= 11 is 5.84. The molecule has 1 amide bonds. The molecule has 1 aliphatic heterocycles. The zero-order valence-electron chi connectivity index (χ0n) is 14.7. The molecule has 10 heteroatoms. The Morgan fingerprint density at radius 2 is 1.75 bits per heavy atom. The number of rotatable bonds is 5. The summed E-state index contributed by atoms with van der Waals surface area (Å²) in [6.07, 6.45) is 1.76. The number of nitrogens with one attached hydrogen (secondary N) is 1. The minimum absolute atomic E-state index is 0.0794. The molecule has 2 aromatic rings. The number of nitrogens with zero attached hydrogens (tertiary/aromatic N) is 2. The third kappa shape index (κ3) is 4.32. The molecule has 1 aliphatic rings. The van der Waals surface area contributed by atoms with Crippen molar-refractivity contribution in [2.45, 2.75) is 30.2 Å². The molecule has 3 rings (SSSR count). The maximum absolute atomic E-state index is 13.0. The zero-order chi connectivity index (χ0) is 20.3. The third-order valence-electron chi connectivity index (χ3n) is 4.52. The van der Waals surface area contributed by atoms with Gasteiger partial charge in [0.1, 0.15) is 6.04 Å². The van der Waals surface area contributed by atoms with E-state index in [9.17, 15) is 23.3 Å². The van der Waals surface area contributed by atoms with Gasteiger partial charge in [0.15, 0.2) is 0 Å². The lowest BCUT2D eigenvalue weighted by molar-refractivity contribution is -0.384. The van der Waals surface area contributed by atoms with Crippen molar-refractivity contribution < 1.29 is 18.1 Å². The number of non-ortho nitro benzene ring substituents is 1. The minimum atomic E-state index is -3.97. The van der Waals surface area contributed by atoms with Gasteiger partial charge in [-0.3, -0.25) is 14.9 Å². The van der Waals surface area contributed by atoms with Crippen molar-refractivity contribution in [3.8, 4) is 0 Å². The summed E-state index contributed by atoms with van der Waals surface area (Å²) in [6, 6.07) is 10.3. The summed E-state index contributed by atoms with van der Waals surface area (Å²) in [7, 11) is -3.97. The van der Waals surface area contributed by atoms with Gasteiger partial charge in [-0.05, 0) is 49.2 Å². The van der Waals surface area contributed by atoms with Gasteiger partial charge in [-0.2, -0.15) is 4.31 Å². The Bertz CT molecular complexity index is 977. The molecule has 1 N–H and O–H groups in total. The molecule has 1 heterocycles. The number of benzene rings is 2. The molecule has 2 aromatic carbocycles. The number of anilines is 1. The van der Waals surface area contributed by atoms with Crippen LogP contribution in [0.3, 0.4) is 0 Å². The molecule has 1 atom stereocenters. The van der Waals surface area contributed by atoms with Crippen LogP contribution in [0.2, 0.25) is 5.02 Å². The second-order valence-corrected chi connectivity index (χ2v) is 8.70. The van der Waals surface area contributed by atoms with Crippen LogP contribution in [0.15, 0.2) is 53.4 Å². The normalized spacial score (nSPS) is 17.8. The van der Waals surface area contributed by atoms with Crippen LogP contribution in [0.25, 0.3) is 0 Å². The number of carbonyl (C=O) groups excluding carboxylic acids is 1. The van der Waals surface area contributed by atoms with E-state index in [2.05, 4.69) is 5.32 Å². The van der Waals surface area contributed by atoms with Crippen molar-refractivity contribution in [1.29, 1.82) is 0 Å². The van der Waals surface area contributed by atoms with Crippen LogP contribution in [0.1, 0.15) is 19.3 Å². The van der Waals surface area contributed by atoms with Crippen LogP contribution in [0, 0.1) is 10.1 Å². The Morgan fingerprint density at radius 3 is 2.36 bits per heavy atom. The smallest absolute Gasteiger partial charge is 0.269 e. The first-order chi connectivity index (χ1) is 13.3. The van der Waals surface area contributed by atoms with Crippen molar-refractivity contribution in [3.63, 3.8) is 0 Å². The van der Waals surface area contributed by atoms with Crippen molar-refractivity contribution in [3.05, 3.63) is 63.7 Å². The molecule has 1 fully saturated rings. The van der Waals surface area contributed by atoms with Gasteiger partial charge in [-0.25, -0.2) is 8.42 Å². The Hall–Kier alpha value is -2.49. The third-order valence-corrected chi connectivity index (χ3v) is 6.70. The minimum Gasteiger partial charge on any atom is -0.325 e. The van der Waals surface area contributed by atoms with Gasteiger partial charge in [0.2, 0.25) is 15.9 Å². The maximum atomic E-state index is 13.0. The van der Waals surface area contributed by atoms with Gasteiger partial charge < -0.3 is 5.32 Å². The van der Waals surface area contributed by atoms with E-state index in [1.165, 1.54) is 16.4 Å². The number of hydrogen-bond acceptors (Lipinski definition) is 5. The number of sulfonamides is 1. The number of hydrogen-bond donors (Lipinski definition) is 1. The second-order valence-electron chi connectivity index (χ2n) is 6.37. The maximum Gasteiger partial charge on any atom is 0.269 e. The van der Waals surface area contributed by atoms with Crippen molar-refractivity contribution in [1.82, 2.24) is 4.31 Å². The first-order valence-electron chi connectivity index (χ1n) is 8.62. The molecular weight excluding hydrogens is 406 g/mol. The Kier molecular flexibility index (Phi) is 5.97. The number of nitro benzene ring substituents is 1. The largest absolute Gasteiger partial charge is 0.325 e. The molecule has 8 nitrogen and oxygen atoms in total. The standard InChI is InChI=1S/C18H18ClN3O5S/c19-13-4-6-14(7-5-13)20-18(23)17-3-1-2-12-21(17)28(26,27)16-10-8-15(9-11-16)22(24)25/h4-11,17H,1-3,12H2,(H,20,23)/t17-/m1/s1. The number of amides is 1. The highest BCUT2D eigenvalue weighted by atomic mass is 35.5. The average molecular weight is 424 g/mol. The highest BCUT2D eigenvalue weighted by Gasteiger charge is 2.37. The Balaban J connectivity index is 1.84. The summed E-state index contributed by atoms with van der Waals surface area (Å²) in [6.45, 7) is 0.206. The molecule has 0 bridgehead atoms. The highest BCUT2D eigenvalue weighted by Crippen LogP contribution is 2.27. The molecule has 0 spiro atoms. The SMILES string of the molecule is O=C(Nc1ccc(Cl)cc1)[C@H]1CCCCN1S(=O)(=O)c1ccc([N+](=O)[O-])cc1. The van der Waals surface area contributed by atoms with Crippen molar-refractivity contribution in [2.75, 3.05) is 11.9 Å². The van der Waals surface area contributed by atoms with E-state index >= 15 is 0 Å². The fourth-order valence-electron chi connectivity index (χ4n) is 3.09. The van der Waals surface area contributed by atoms with Crippen LogP contribution in [0.4, 0.5) is 11.4 Å². The molecule has 148 valence electrons. The second kappa shape index (κ2) is 8.26. The van der Waals surface area contributed by atoms with Crippen LogP contribution in [-0.2, 0) is 14.8 Å².